The third-order valence-corrected chi connectivity index (χ3v) is 5.55. The predicted molar refractivity (Wildman–Crippen MR) is 117 cm³/mol. The molecular weight excluding hydrogens is 395 g/mol. The van der Waals surface area contributed by atoms with Crippen molar-refractivity contribution < 1.29 is 14.0 Å². The monoisotopic (exact) mass is 420 g/mol. The lowest BCUT2D eigenvalue weighted by atomic mass is 9.95. The fourth-order valence-corrected chi connectivity index (χ4v) is 3.97. The van der Waals surface area contributed by atoms with Crippen molar-refractivity contribution in [3.05, 3.63) is 76.9 Å². The number of aromatic nitrogens is 2. The number of amides is 2. The third-order valence-electron chi connectivity index (χ3n) is 5.55. The molecule has 0 saturated carbocycles. The highest BCUT2D eigenvalue weighted by Gasteiger charge is 2.25. The van der Waals surface area contributed by atoms with Gasteiger partial charge in [-0.25, -0.2) is 9.07 Å². The molecular formula is C24H25FN4O2. The zero-order valence-electron chi connectivity index (χ0n) is 17.5. The minimum absolute atomic E-state index is 0.144. The van der Waals surface area contributed by atoms with Gasteiger partial charge in [-0.3, -0.25) is 9.59 Å². The van der Waals surface area contributed by atoms with Crippen LogP contribution in [0.1, 0.15) is 47.1 Å². The number of rotatable bonds is 6. The number of para-hydroxylation sites is 1. The third kappa shape index (κ3) is 4.50. The van der Waals surface area contributed by atoms with Crippen molar-refractivity contribution in [1.29, 1.82) is 0 Å². The number of benzene rings is 2. The lowest BCUT2D eigenvalue weighted by Crippen LogP contribution is -2.33. The number of fused-ring (bicyclic) bond motifs is 1. The average Bonchev–Trinajstić information content (AvgIpc) is 3.18. The summed E-state index contributed by atoms with van der Waals surface area (Å²) in [4.78, 5) is 25.2. The molecule has 0 aliphatic heterocycles. The van der Waals surface area contributed by atoms with Crippen LogP contribution in [0.25, 0.3) is 5.69 Å². The summed E-state index contributed by atoms with van der Waals surface area (Å²) in [5, 5.41) is 10.1. The van der Waals surface area contributed by atoms with E-state index >= 15 is 0 Å². The van der Waals surface area contributed by atoms with Crippen LogP contribution in [-0.2, 0) is 24.1 Å². The van der Waals surface area contributed by atoms with Gasteiger partial charge in [-0.05, 0) is 68.0 Å². The molecule has 2 aromatic carbocycles. The van der Waals surface area contributed by atoms with E-state index in [1.165, 1.54) is 12.1 Å². The molecule has 1 heterocycles. The van der Waals surface area contributed by atoms with E-state index in [0.29, 0.717) is 11.4 Å². The molecule has 160 valence electrons. The fourth-order valence-electron chi connectivity index (χ4n) is 3.97. The van der Waals surface area contributed by atoms with E-state index in [1.807, 2.05) is 31.2 Å². The van der Waals surface area contributed by atoms with Gasteiger partial charge >= 0.3 is 0 Å². The Bertz CT molecular complexity index is 1110. The number of carbonyl (C=O) groups is 2. The van der Waals surface area contributed by atoms with Crippen LogP contribution in [0.4, 0.5) is 10.1 Å². The first-order valence-corrected chi connectivity index (χ1v) is 10.6. The van der Waals surface area contributed by atoms with Crippen molar-refractivity contribution in [1.82, 2.24) is 15.1 Å². The number of hydrogen-bond acceptors (Lipinski definition) is 3. The second kappa shape index (κ2) is 9.12. The van der Waals surface area contributed by atoms with E-state index in [1.54, 1.807) is 16.8 Å². The van der Waals surface area contributed by atoms with E-state index < -0.39 is 0 Å². The van der Waals surface area contributed by atoms with E-state index in [-0.39, 0.29) is 24.2 Å². The summed E-state index contributed by atoms with van der Waals surface area (Å²) in [6, 6.07) is 13.7. The maximum Gasteiger partial charge on any atom is 0.272 e. The Labute approximate surface area is 180 Å². The molecule has 31 heavy (non-hydrogen) atoms. The second-order valence-electron chi connectivity index (χ2n) is 7.61. The highest BCUT2D eigenvalue weighted by Crippen LogP contribution is 2.27. The first-order chi connectivity index (χ1) is 15.1. The quantitative estimate of drug-likeness (QED) is 0.637. The smallest absolute Gasteiger partial charge is 0.272 e. The first-order valence-electron chi connectivity index (χ1n) is 10.6. The molecule has 6 nitrogen and oxygen atoms in total. The Kier molecular flexibility index (Phi) is 6.11. The predicted octanol–water partition coefficient (Wildman–Crippen LogP) is 3.82. The van der Waals surface area contributed by atoms with Gasteiger partial charge in [0.1, 0.15) is 5.82 Å². The number of aryl methyl sites for hydroxylation is 1. The molecule has 0 bridgehead atoms. The molecule has 4 rings (SSSR count). The van der Waals surface area contributed by atoms with Gasteiger partial charge in [0.15, 0.2) is 5.69 Å². The summed E-state index contributed by atoms with van der Waals surface area (Å²) in [5.74, 6) is -0.988. The van der Waals surface area contributed by atoms with Crippen LogP contribution in [0.2, 0.25) is 0 Å². The van der Waals surface area contributed by atoms with Crippen LogP contribution in [-0.4, -0.2) is 28.1 Å². The topological polar surface area (TPSA) is 76.0 Å². The van der Waals surface area contributed by atoms with E-state index in [9.17, 15) is 14.0 Å². The molecule has 2 N–H and O–H groups in total. The van der Waals surface area contributed by atoms with Gasteiger partial charge in [-0.15, -0.1) is 0 Å². The Morgan fingerprint density at radius 1 is 1.06 bits per heavy atom. The molecule has 1 aliphatic rings. The zero-order chi connectivity index (χ0) is 21.8. The number of nitrogens with one attached hydrogen (secondary N) is 2. The van der Waals surface area contributed by atoms with Gasteiger partial charge in [-0.2, -0.15) is 5.10 Å². The van der Waals surface area contributed by atoms with Gasteiger partial charge in [0, 0.05) is 16.9 Å². The Morgan fingerprint density at radius 3 is 2.58 bits per heavy atom. The molecule has 0 fully saturated rings. The van der Waals surface area contributed by atoms with Crippen LogP contribution in [0.5, 0.6) is 0 Å². The van der Waals surface area contributed by atoms with Crippen molar-refractivity contribution in [2.45, 2.75) is 39.0 Å². The molecule has 1 aliphatic carbocycles. The summed E-state index contributed by atoms with van der Waals surface area (Å²) in [6.07, 6.45) is 4.36. The SMILES string of the molecule is CCc1ccccc1NC(=O)CNC(=O)c1nn(-c2ccc(F)cc2)c2c1CCCC2. The van der Waals surface area contributed by atoms with Gasteiger partial charge in [0.2, 0.25) is 5.91 Å². The summed E-state index contributed by atoms with van der Waals surface area (Å²) >= 11 is 0. The molecule has 2 amide bonds. The molecule has 0 spiro atoms. The zero-order valence-corrected chi connectivity index (χ0v) is 17.5. The highest BCUT2D eigenvalue weighted by atomic mass is 19.1. The number of halogens is 1. The maximum atomic E-state index is 13.3. The van der Waals surface area contributed by atoms with Crippen molar-refractivity contribution >= 4 is 17.5 Å². The van der Waals surface area contributed by atoms with E-state index in [2.05, 4.69) is 15.7 Å². The molecule has 0 radical (unpaired) electrons. The largest absolute Gasteiger partial charge is 0.342 e. The minimum Gasteiger partial charge on any atom is -0.342 e. The van der Waals surface area contributed by atoms with Crippen LogP contribution in [0, 0.1) is 5.82 Å². The molecule has 3 aromatic rings. The van der Waals surface area contributed by atoms with Gasteiger partial charge in [0.05, 0.1) is 12.2 Å². The lowest BCUT2D eigenvalue weighted by molar-refractivity contribution is -0.115. The van der Waals surface area contributed by atoms with Crippen LogP contribution < -0.4 is 10.6 Å². The molecule has 1 aromatic heterocycles. The number of carbonyl (C=O) groups excluding carboxylic acids is 2. The molecule has 0 unspecified atom stereocenters. The standard InChI is InChI=1S/C24H25FN4O2/c1-2-16-7-3-5-9-20(16)27-22(30)15-26-24(31)23-19-8-4-6-10-21(19)29(28-23)18-13-11-17(25)12-14-18/h3,5,7,9,11-14H,2,4,6,8,10,15H2,1H3,(H,26,31)(H,27,30). The second-order valence-corrected chi connectivity index (χ2v) is 7.61. The number of nitrogens with zero attached hydrogens (tertiary/aromatic N) is 2. The van der Waals surface area contributed by atoms with Crippen molar-refractivity contribution in [2.24, 2.45) is 0 Å². The Morgan fingerprint density at radius 2 is 1.81 bits per heavy atom. The summed E-state index contributed by atoms with van der Waals surface area (Å²) in [7, 11) is 0. The molecule has 0 atom stereocenters. The number of anilines is 1. The molecule has 7 heteroatoms. The average molecular weight is 420 g/mol. The van der Waals surface area contributed by atoms with E-state index in [0.717, 1.165) is 54.6 Å². The minimum atomic E-state index is -0.377. The highest BCUT2D eigenvalue weighted by molar-refractivity contribution is 5.99. The maximum absolute atomic E-state index is 13.3. The van der Waals surface area contributed by atoms with Crippen LogP contribution in [0.15, 0.2) is 48.5 Å². The molecule has 0 saturated heterocycles. The Hall–Kier alpha value is -3.48. The Balaban J connectivity index is 1.49. The van der Waals surface area contributed by atoms with Crippen molar-refractivity contribution in [3.8, 4) is 5.69 Å². The normalized spacial score (nSPS) is 12.8. The van der Waals surface area contributed by atoms with Crippen LogP contribution in [0.3, 0.4) is 0 Å². The van der Waals surface area contributed by atoms with Crippen molar-refractivity contribution in [2.75, 3.05) is 11.9 Å². The first kappa shape index (κ1) is 20.8. The van der Waals surface area contributed by atoms with E-state index in [4.69, 9.17) is 0 Å². The van der Waals surface area contributed by atoms with Gasteiger partial charge in [-0.1, -0.05) is 25.1 Å². The fraction of sp³-hybridized carbons (Fsp3) is 0.292. The lowest BCUT2D eigenvalue weighted by Gasteiger charge is -2.14. The summed E-state index contributed by atoms with van der Waals surface area (Å²) < 4.78 is 15.0. The summed E-state index contributed by atoms with van der Waals surface area (Å²) in [5.41, 5.74) is 4.72. The number of hydrogen-bond donors (Lipinski definition) is 2. The van der Waals surface area contributed by atoms with Crippen molar-refractivity contribution in [3.63, 3.8) is 0 Å². The summed E-state index contributed by atoms with van der Waals surface area (Å²) in [6.45, 7) is 1.88. The van der Waals surface area contributed by atoms with Crippen LogP contribution >= 0.6 is 0 Å². The van der Waals surface area contributed by atoms with Gasteiger partial charge in [0.25, 0.3) is 5.91 Å². The van der Waals surface area contributed by atoms with Gasteiger partial charge < -0.3 is 10.6 Å².